The van der Waals surface area contributed by atoms with Crippen LogP contribution >= 0.6 is 35.3 Å². The summed E-state index contributed by atoms with van der Waals surface area (Å²) in [6.07, 6.45) is 0.737. The standard InChI is InChI=1S/C16H23N5O2S2.HI/c1-11-12(2)24-15(21-11)10-20-16(18-3)19-9-8-13-4-6-14(7-5-13)25(17,22)23;/h4-7H,8-10H2,1-3H3,(H2,17,22,23)(H2,18,19,20);1H. The quantitative estimate of drug-likeness (QED) is 0.313. The molecule has 10 heteroatoms. The summed E-state index contributed by atoms with van der Waals surface area (Å²) in [6.45, 7) is 5.36. The second kappa shape index (κ2) is 10.2. The average molecular weight is 509 g/mol. The molecular formula is C16H24IN5O2S2. The Kier molecular flexibility index (Phi) is 8.93. The average Bonchev–Trinajstić information content (AvgIpc) is 2.88. The van der Waals surface area contributed by atoms with Gasteiger partial charge >= 0.3 is 0 Å². The molecule has 0 fully saturated rings. The summed E-state index contributed by atoms with van der Waals surface area (Å²) in [6, 6.07) is 6.56. The number of nitrogens with two attached hydrogens (primary N) is 1. The highest BCUT2D eigenvalue weighted by Gasteiger charge is 2.07. The van der Waals surface area contributed by atoms with Gasteiger partial charge in [-0.2, -0.15) is 0 Å². The van der Waals surface area contributed by atoms with Gasteiger partial charge in [0.2, 0.25) is 10.0 Å². The SMILES string of the molecule is CN=C(NCCc1ccc(S(N)(=O)=O)cc1)NCc1nc(C)c(C)s1.I. The number of aryl methyl sites for hydroxylation is 2. The lowest BCUT2D eigenvalue weighted by Crippen LogP contribution is -2.37. The van der Waals surface area contributed by atoms with Crippen LogP contribution in [-0.4, -0.2) is 33.0 Å². The highest BCUT2D eigenvalue weighted by Crippen LogP contribution is 2.15. The molecule has 2 aromatic rings. The number of benzene rings is 1. The number of primary sulfonamides is 1. The first-order valence-corrected chi connectivity index (χ1v) is 10.1. The molecule has 26 heavy (non-hydrogen) atoms. The highest BCUT2D eigenvalue weighted by molar-refractivity contribution is 14.0. The summed E-state index contributed by atoms with van der Waals surface area (Å²) >= 11 is 1.68. The number of aliphatic imine (C=N–C) groups is 1. The van der Waals surface area contributed by atoms with Gasteiger partial charge in [0.25, 0.3) is 0 Å². The van der Waals surface area contributed by atoms with E-state index in [1.54, 1.807) is 30.5 Å². The molecule has 0 bridgehead atoms. The monoisotopic (exact) mass is 509 g/mol. The van der Waals surface area contributed by atoms with E-state index in [1.165, 1.54) is 17.0 Å². The number of nitrogens with one attached hydrogen (secondary N) is 2. The Morgan fingerprint density at radius 3 is 2.38 bits per heavy atom. The molecule has 0 unspecified atom stereocenters. The third kappa shape index (κ3) is 6.82. The first-order chi connectivity index (χ1) is 11.8. The smallest absolute Gasteiger partial charge is 0.238 e. The van der Waals surface area contributed by atoms with Crippen molar-refractivity contribution < 1.29 is 8.42 Å². The lowest BCUT2D eigenvalue weighted by Gasteiger charge is -2.11. The van der Waals surface area contributed by atoms with Crippen molar-refractivity contribution in [1.29, 1.82) is 0 Å². The van der Waals surface area contributed by atoms with Crippen molar-refractivity contribution in [2.45, 2.75) is 31.7 Å². The van der Waals surface area contributed by atoms with Crippen LogP contribution in [0.25, 0.3) is 0 Å². The molecule has 0 radical (unpaired) electrons. The Labute approximate surface area is 175 Å². The van der Waals surface area contributed by atoms with Gasteiger partial charge in [-0.05, 0) is 38.0 Å². The van der Waals surface area contributed by atoms with Gasteiger partial charge in [-0.15, -0.1) is 35.3 Å². The second-order valence-corrected chi connectivity index (χ2v) is 8.39. The Bertz CT molecular complexity index is 829. The van der Waals surface area contributed by atoms with Crippen molar-refractivity contribution in [2.75, 3.05) is 13.6 Å². The number of thiazole rings is 1. The molecule has 1 aromatic carbocycles. The van der Waals surface area contributed by atoms with Crippen LogP contribution < -0.4 is 15.8 Å². The minimum absolute atomic E-state index is 0. The number of hydrogen-bond acceptors (Lipinski definition) is 5. The Balaban J connectivity index is 0.00000338. The van der Waals surface area contributed by atoms with Crippen molar-refractivity contribution in [1.82, 2.24) is 15.6 Å². The summed E-state index contributed by atoms with van der Waals surface area (Å²) in [5, 5.41) is 12.6. The van der Waals surface area contributed by atoms with Gasteiger partial charge in [-0.1, -0.05) is 12.1 Å². The molecule has 0 spiro atoms. The van der Waals surface area contributed by atoms with E-state index in [0.29, 0.717) is 19.0 Å². The topological polar surface area (TPSA) is 109 Å². The summed E-state index contributed by atoms with van der Waals surface area (Å²) in [5.74, 6) is 0.701. The van der Waals surface area contributed by atoms with Gasteiger partial charge in [0, 0.05) is 18.5 Å². The zero-order chi connectivity index (χ0) is 18.4. The second-order valence-electron chi connectivity index (χ2n) is 5.54. The first-order valence-electron chi connectivity index (χ1n) is 7.79. The molecule has 0 saturated heterocycles. The maximum absolute atomic E-state index is 11.2. The fraction of sp³-hybridized carbons (Fsp3) is 0.375. The minimum atomic E-state index is -3.64. The van der Waals surface area contributed by atoms with Crippen LogP contribution in [0.5, 0.6) is 0 Å². The van der Waals surface area contributed by atoms with E-state index in [9.17, 15) is 8.42 Å². The van der Waals surface area contributed by atoms with Gasteiger partial charge in [-0.3, -0.25) is 4.99 Å². The fourth-order valence-corrected chi connectivity index (χ4v) is 3.55. The molecule has 0 amide bonds. The van der Waals surface area contributed by atoms with Gasteiger partial charge in [0.05, 0.1) is 17.1 Å². The van der Waals surface area contributed by atoms with Crippen LogP contribution in [0, 0.1) is 13.8 Å². The largest absolute Gasteiger partial charge is 0.356 e. The van der Waals surface area contributed by atoms with Crippen molar-refractivity contribution in [2.24, 2.45) is 10.1 Å². The summed E-state index contributed by atoms with van der Waals surface area (Å²) < 4.78 is 22.5. The van der Waals surface area contributed by atoms with Crippen molar-refractivity contribution >= 4 is 51.3 Å². The molecule has 1 aromatic heterocycles. The van der Waals surface area contributed by atoms with E-state index in [0.717, 1.165) is 22.7 Å². The van der Waals surface area contributed by atoms with Crippen molar-refractivity contribution in [3.8, 4) is 0 Å². The minimum Gasteiger partial charge on any atom is -0.356 e. The lowest BCUT2D eigenvalue weighted by molar-refractivity contribution is 0.598. The summed E-state index contributed by atoms with van der Waals surface area (Å²) in [7, 11) is -1.93. The highest BCUT2D eigenvalue weighted by atomic mass is 127. The number of halogens is 1. The molecular weight excluding hydrogens is 485 g/mol. The van der Waals surface area contributed by atoms with Gasteiger partial charge in [-0.25, -0.2) is 18.5 Å². The number of aromatic nitrogens is 1. The number of hydrogen-bond donors (Lipinski definition) is 3. The maximum atomic E-state index is 11.2. The number of guanidine groups is 1. The van der Waals surface area contributed by atoms with E-state index in [2.05, 4.69) is 27.5 Å². The van der Waals surface area contributed by atoms with E-state index < -0.39 is 10.0 Å². The summed E-state index contributed by atoms with van der Waals surface area (Å²) in [5.41, 5.74) is 2.08. The molecule has 1 heterocycles. The third-order valence-electron chi connectivity index (χ3n) is 3.66. The fourth-order valence-electron chi connectivity index (χ4n) is 2.17. The first kappa shape index (κ1) is 22.8. The molecule has 0 aliphatic rings. The van der Waals surface area contributed by atoms with Crippen molar-refractivity contribution in [3.63, 3.8) is 0 Å². The summed E-state index contributed by atoms with van der Waals surface area (Å²) in [4.78, 5) is 10.0. The molecule has 0 aliphatic carbocycles. The maximum Gasteiger partial charge on any atom is 0.238 e. The Hall–Kier alpha value is -1.24. The molecule has 144 valence electrons. The molecule has 4 N–H and O–H groups in total. The third-order valence-corrected chi connectivity index (χ3v) is 5.66. The lowest BCUT2D eigenvalue weighted by atomic mass is 10.1. The Morgan fingerprint density at radius 2 is 1.88 bits per heavy atom. The van der Waals surface area contributed by atoms with Gasteiger partial charge in [0.1, 0.15) is 5.01 Å². The van der Waals surface area contributed by atoms with E-state index in [4.69, 9.17) is 5.14 Å². The van der Waals surface area contributed by atoms with Gasteiger partial charge < -0.3 is 10.6 Å². The van der Waals surface area contributed by atoms with Gasteiger partial charge in [0.15, 0.2) is 5.96 Å². The van der Waals surface area contributed by atoms with Crippen LogP contribution in [0.15, 0.2) is 34.2 Å². The molecule has 2 rings (SSSR count). The normalized spacial score (nSPS) is 11.8. The zero-order valence-electron chi connectivity index (χ0n) is 14.9. The van der Waals surface area contributed by atoms with Crippen LogP contribution in [0.4, 0.5) is 0 Å². The predicted molar refractivity (Wildman–Crippen MR) is 117 cm³/mol. The number of rotatable bonds is 6. The van der Waals surface area contributed by atoms with Crippen LogP contribution in [0.2, 0.25) is 0 Å². The van der Waals surface area contributed by atoms with Crippen LogP contribution in [0.1, 0.15) is 21.1 Å². The molecule has 0 atom stereocenters. The van der Waals surface area contributed by atoms with Crippen molar-refractivity contribution in [3.05, 3.63) is 45.4 Å². The Morgan fingerprint density at radius 1 is 1.23 bits per heavy atom. The molecule has 0 aliphatic heterocycles. The van der Waals surface area contributed by atoms with E-state index in [-0.39, 0.29) is 28.9 Å². The zero-order valence-corrected chi connectivity index (χ0v) is 18.9. The molecule has 7 nitrogen and oxygen atoms in total. The van der Waals surface area contributed by atoms with Crippen LogP contribution in [-0.2, 0) is 23.0 Å². The number of sulfonamides is 1. The predicted octanol–water partition coefficient (Wildman–Crippen LogP) is 1.93. The van der Waals surface area contributed by atoms with E-state index in [1.807, 2.05) is 6.92 Å². The van der Waals surface area contributed by atoms with E-state index >= 15 is 0 Å². The number of nitrogens with zero attached hydrogens (tertiary/aromatic N) is 2. The van der Waals surface area contributed by atoms with Crippen LogP contribution in [0.3, 0.4) is 0 Å². The molecule has 0 saturated carbocycles.